The average molecular weight is 461 g/mol. The summed E-state index contributed by atoms with van der Waals surface area (Å²) in [5.74, 6) is -0.484. The molecule has 3 aromatic rings. The molecule has 2 aliphatic rings. The summed E-state index contributed by atoms with van der Waals surface area (Å²) in [7, 11) is -3.52. The third kappa shape index (κ3) is 4.10. The first kappa shape index (κ1) is 21.6. The van der Waals surface area contributed by atoms with Gasteiger partial charge in [0.1, 0.15) is 0 Å². The van der Waals surface area contributed by atoms with Gasteiger partial charge in [0.15, 0.2) is 0 Å². The molecule has 1 fully saturated rings. The summed E-state index contributed by atoms with van der Waals surface area (Å²) in [6.07, 6.45) is 2.80. The number of piperidine rings is 1. The molecule has 0 radical (unpaired) electrons. The maximum Gasteiger partial charge on any atom is 0.261 e. The third-order valence-electron chi connectivity index (χ3n) is 6.46. The van der Waals surface area contributed by atoms with Crippen molar-refractivity contribution in [2.45, 2.75) is 12.8 Å². The number of carbonyl (C=O) groups excluding carboxylic acids is 2. The van der Waals surface area contributed by atoms with Crippen molar-refractivity contribution in [3.05, 3.63) is 88.8 Å². The van der Waals surface area contributed by atoms with Crippen molar-refractivity contribution in [3.8, 4) is 0 Å². The molecule has 0 unspecified atom stereocenters. The summed E-state index contributed by atoms with van der Waals surface area (Å²) < 4.78 is 26.9. The Morgan fingerprint density at radius 3 is 2.03 bits per heavy atom. The number of hydrogen-bond donors (Lipinski definition) is 0. The highest BCUT2D eigenvalue weighted by Gasteiger charge is 2.35. The van der Waals surface area contributed by atoms with Gasteiger partial charge in [-0.25, -0.2) is 8.42 Å². The van der Waals surface area contributed by atoms with Gasteiger partial charge in [-0.1, -0.05) is 54.6 Å². The minimum atomic E-state index is -3.52. The molecule has 0 aliphatic carbocycles. The van der Waals surface area contributed by atoms with E-state index < -0.39 is 10.0 Å². The summed E-state index contributed by atoms with van der Waals surface area (Å²) in [5.41, 5.74) is 1.93. The Labute approximate surface area is 193 Å². The number of nitrogens with zero attached hydrogens (tertiary/aromatic N) is 2. The van der Waals surface area contributed by atoms with Gasteiger partial charge in [0, 0.05) is 41.6 Å². The number of benzene rings is 3. The van der Waals surface area contributed by atoms with Gasteiger partial charge in [0.25, 0.3) is 11.8 Å². The summed E-state index contributed by atoms with van der Waals surface area (Å²) in [6, 6.07) is 20.3. The van der Waals surface area contributed by atoms with Crippen molar-refractivity contribution in [1.29, 1.82) is 0 Å². The third-order valence-corrected chi connectivity index (χ3v) is 8.03. The molecule has 0 saturated carbocycles. The topological polar surface area (TPSA) is 74.8 Å². The molecule has 33 heavy (non-hydrogen) atoms. The minimum absolute atomic E-state index is 0.0620. The standard InChI is InChI=1S/C26H24N2O4S/c29-25-22-10-4-8-21-9-5-11-23(24(21)22)26(30)28(25)18-20-12-15-27(16-13-20)33(31,32)17-14-19-6-2-1-3-7-19/h1-11,14,17,20H,12-13,15-16,18H2. The molecule has 2 amide bonds. The first-order valence-electron chi connectivity index (χ1n) is 11.1. The first-order chi connectivity index (χ1) is 15.9. The Morgan fingerprint density at radius 2 is 1.42 bits per heavy atom. The average Bonchev–Trinajstić information content (AvgIpc) is 2.85. The summed E-state index contributed by atoms with van der Waals surface area (Å²) in [5, 5.41) is 2.85. The van der Waals surface area contributed by atoms with E-state index in [-0.39, 0.29) is 17.7 Å². The lowest BCUT2D eigenvalue weighted by Gasteiger charge is -2.34. The van der Waals surface area contributed by atoms with Crippen LogP contribution in [0.5, 0.6) is 0 Å². The highest BCUT2D eigenvalue weighted by Crippen LogP contribution is 2.31. The van der Waals surface area contributed by atoms with Gasteiger partial charge in [-0.15, -0.1) is 0 Å². The molecule has 5 rings (SSSR count). The van der Waals surface area contributed by atoms with Crippen LogP contribution >= 0.6 is 0 Å². The lowest BCUT2D eigenvalue weighted by Crippen LogP contribution is -2.46. The molecule has 3 aromatic carbocycles. The second-order valence-electron chi connectivity index (χ2n) is 8.53. The Bertz CT molecular complexity index is 1310. The van der Waals surface area contributed by atoms with Crippen LogP contribution in [0.1, 0.15) is 39.1 Å². The summed E-state index contributed by atoms with van der Waals surface area (Å²) >= 11 is 0. The van der Waals surface area contributed by atoms with Crippen molar-refractivity contribution in [3.63, 3.8) is 0 Å². The van der Waals surface area contributed by atoms with Gasteiger partial charge in [-0.05, 0) is 47.9 Å². The molecular formula is C26H24N2O4S. The quantitative estimate of drug-likeness (QED) is 0.536. The fourth-order valence-corrected chi connectivity index (χ4v) is 5.89. The zero-order valence-electron chi connectivity index (χ0n) is 18.1. The molecule has 168 valence electrons. The van der Waals surface area contributed by atoms with Crippen molar-refractivity contribution < 1.29 is 18.0 Å². The molecular weight excluding hydrogens is 436 g/mol. The molecule has 0 aromatic heterocycles. The van der Waals surface area contributed by atoms with Crippen LogP contribution in [0.2, 0.25) is 0 Å². The molecule has 0 spiro atoms. The molecule has 0 N–H and O–H groups in total. The van der Waals surface area contributed by atoms with Crippen LogP contribution in [-0.4, -0.2) is 49.1 Å². The number of carbonyl (C=O) groups is 2. The summed E-state index contributed by atoms with van der Waals surface area (Å²) in [4.78, 5) is 27.6. The van der Waals surface area contributed by atoms with Crippen molar-refractivity contribution >= 4 is 38.7 Å². The molecule has 0 atom stereocenters. The van der Waals surface area contributed by atoms with E-state index in [4.69, 9.17) is 0 Å². The van der Waals surface area contributed by atoms with E-state index >= 15 is 0 Å². The maximum atomic E-state index is 13.1. The molecule has 0 bridgehead atoms. The van der Waals surface area contributed by atoms with E-state index in [1.54, 1.807) is 18.2 Å². The Kier molecular flexibility index (Phi) is 5.60. The van der Waals surface area contributed by atoms with Gasteiger partial charge in [-0.2, -0.15) is 4.31 Å². The van der Waals surface area contributed by atoms with Crippen LogP contribution in [-0.2, 0) is 10.0 Å². The second-order valence-corrected chi connectivity index (χ2v) is 10.3. The van der Waals surface area contributed by atoms with E-state index in [0.29, 0.717) is 43.6 Å². The monoisotopic (exact) mass is 460 g/mol. The van der Waals surface area contributed by atoms with Gasteiger partial charge in [0.2, 0.25) is 10.0 Å². The molecule has 2 aliphatic heterocycles. The fraction of sp³-hybridized carbons (Fsp3) is 0.231. The molecule has 6 nitrogen and oxygen atoms in total. The van der Waals surface area contributed by atoms with Gasteiger partial charge in [-0.3, -0.25) is 14.5 Å². The molecule has 2 heterocycles. The highest BCUT2D eigenvalue weighted by molar-refractivity contribution is 7.92. The first-order valence-corrected chi connectivity index (χ1v) is 12.6. The van der Waals surface area contributed by atoms with Crippen LogP contribution in [0.15, 0.2) is 72.1 Å². The van der Waals surface area contributed by atoms with E-state index in [1.807, 2.05) is 54.6 Å². The van der Waals surface area contributed by atoms with Gasteiger partial charge in [0.05, 0.1) is 0 Å². The van der Waals surface area contributed by atoms with Crippen LogP contribution in [0.25, 0.3) is 16.8 Å². The zero-order chi connectivity index (χ0) is 23.0. The van der Waals surface area contributed by atoms with Crippen molar-refractivity contribution in [2.24, 2.45) is 5.92 Å². The SMILES string of the molecule is O=C1c2cccc3cccc(c23)C(=O)N1CC1CCN(S(=O)(=O)C=Cc2ccccc2)CC1. The maximum absolute atomic E-state index is 13.1. The molecule has 1 saturated heterocycles. The van der Waals surface area contributed by atoms with Crippen LogP contribution in [0, 0.1) is 5.92 Å². The minimum Gasteiger partial charge on any atom is -0.274 e. The van der Waals surface area contributed by atoms with Crippen molar-refractivity contribution in [1.82, 2.24) is 9.21 Å². The Balaban J connectivity index is 1.27. The Morgan fingerprint density at radius 1 is 0.818 bits per heavy atom. The normalized spacial score (nSPS) is 17.9. The fourth-order valence-electron chi connectivity index (χ4n) is 4.67. The largest absolute Gasteiger partial charge is 0.274 e. The van der Waals surface area contributed by atoms with E-state index in [9.17, 15) is 18.0 Å². The number of sulfonamides is 1. The predicted octanol–water partition coefficient (Wildman–Crippen LogP) is 4.15. The van der Waals surface area contributed by atoms with Crippen LogP contribution in [0.4, 0.5) is 0 Å². The smallest absolute Gasteiger partial charge is 0.261 e. The van der Waals surface area contributed by atoms with E-state index in [2.05, 4.69) is 0 Å². The number of hydrogen-bond acceptors (Lipinski definition) is 4. The number of imide groups is 1. The van der Waals surface area contributed by atoms with Crippen molar-refractivity contribution in [2.75, 3.05) is 19.6 Å². The lowest BCUT2D eigenvalue weighted by atomic mass is 9.92. The lowest BCUT2D eigenvalue weighted by molar-refractivity contribution is 0.0567. The van der Waals surface area contributed by atoms with Crippen LogP contribution < -0.4 is 0 Å². The molecule has 7 heteroatoms. The zero-order valence-corrected chi connectivity index (χ0v) is 18.9. The van der Waals surface area contributed by atoms with Crippen LogP contribution in [0.3, 0.4) is 0 Å². The van der Waals surface area contributed by atoms with E-state index in [0.717, 1.165) is 16.3 Å². The Hall–Kier alpha value is -3.29. The predicted molar refractivity (Wildman–Crippen MR) is 128 cm³/mol. The van der Waals surface area contributed by atoms with Gasteiger partial charge < -0.3 is 0 Å². The summed E-state index contributed by atoms with van der Waals surface area (Å²) in [6.45, 7) is 1.04. The van der Waals surface area contributed by atoms with E-state index in [1.165, 1.54) is 14.6 Å². The number of rotatable bonds is 5. The second kappa shape index (κ2) is 8.57. The highest BCUT2D eigenvalue weighted by atomic mass is 32.2. The van der Waals surface area contributed by atoms with Gasteiger partial charge >= 0.3 is 0 Å². The number of amides is 2.